The molecule has 2 aromatic rings. The molecule has 5 heteroatoms. The number of aromatic nitrogens is 2. The summed E-state index contributed by atoms with van der Waals surface area (Å²) in [5, 5.41) is 0.737. The molecule has 0 saturated heterocycles. The molecule has 0 aliphatic rings. The van der Waals surface area contributed by atoms with Crippen LogP contribution in [-0.4, -0.2) is 17.0 Å². The monoisotopic (exact) mass is 290 g/mol. The van der Waals surface area contributed by atoms with E-state index in [1.165, 1.54) is 0 Å². The maximum Gasteiger partial charge on any atom is 0.226 e. The molecule has 1 unspecified atom stereocenters. The van der Waals surface area contributed by atoms with Crippen LogP contribution in [0.25, 0.3) is 0 Å². The van der Waals surface area contributed by atoms with E-state index in [4.69, 9.17) is 17.3 Å². The van der Waals surface area contributed by atoms with Gasteiger partial charge in [-0.2, -0.15) is 0 Å². The Morgan fingerprint density at radius 3 is 2.50 bits per heavy atom. The third-order valence-corrected chi connectivity index (χ3v) is 3.61. The Kier molecular flexibility index (Phi) is 4.57. The third-order valence-electron chi connectivity index (χ3n) is 3.35. The van der Waals surface area contributed by atoms with Crippen molar-refractivity contribution >= 4 is 17.5 Å². The molecule has 20 heavy (non-hydrogen) atoms. The predicted molar refractivity (Wildman–Crippen MR) is 82.9 cm³/mol. The van der Waals surface area contributed by atoms with E-state index in [1.54, 1.807) is 0 Å². The molecule has 0 saturated carbocycles. The molecule has 0 fully saturated rings. The van der Waals surface area contributed by atoms with Crippen molar-refractivity contribution in [2.45, 2.75) is 26.4 Å². The van der Waals surface area contributed by atoms with Crippen LogP contribution in [0, 0.1) is 6.92 Å². The molecule has 0 aliphatic carbocycles. The van der Waals surface area contributed by atoms with Crippen molar-refractivity contribution in [1.29, 1.82) is 0 Å². The normalized spacial score (nSPS) is 12.2. The summed E-state index contributed by atoms with van der Waals surface area (Å²) in [4.78, 5) is 11.0. The molecule has 1 heterocycles. The number of anilines is 1. The van der Waals surface area contributed by atoms with E-state index in [1.807, 2.05) is 49.2 Å². The molecule has 0 amide bonds. The van der Waals surface area contributed by atoms with E-state index in [-0.39, 0.29) is 6.04 Å². The minimum atomic E-state index is 0.152. The number of hydrogen-bond acceptors (Lipinski definition) is 4. The fourth-order valence-corrected chi connectivity index (χ4v) is 2.14. The van der Waals surface area contributed by atoms with Crippen molar-refractivity contribution in [1.82, 2.24) is 9.97 Å². The minimum Gasteiger partial charge on any atom is -0.337 e. The maximum atomic E-state index is 5.92. The summed E-state index contributed by atoms with van der Waals surface area (Å²) in [6.45, 7) is 4.47. The average Bonchev–Trinajstić information content (AvgIpc) is 2.45. The van der Waals surface area contributed by atoms with Crippen LogP contribution in [0.15, 0.2) is 30.3 Å². The molecule has 1 aromatic heterocycles. The van der Waals surface area contributed by atoms with Crippen LogP contribution in [0.5, 0.6) is 0 Å². The summed E-state index contributed by atoms with van der Waals surface area (Å²) >= 11 is 5.92. The topological polar surface area (TPSA) is 55.0 Å². The number of nitrogens with zero attached hydrogens (tertiary/aromatic N) is 3. The average molecular weight is 291 g/mol. The van der Waals surface area contributed by atoms with Crippen molar-refractivity contribution in [2.75, 3.05) is 11.9 Å². The van der Waals surface area contributed by atoms with Crippen molar-refractivity contribution in [3.8, 4) is 0 Å². The van der Waals surface area contributed by atoms with Gasteiger partial charge in [-0.05, 0) is 37.6 Å². The molecule has 4 nitrogen and oxygen atoms in total. The van der Waals surface area contributed by atoms with Crippen LogP contribution in [0.3, 0.4) is 0 Å². The van der Waals surface area contributed by atoms with E-state index in [0.717, 1.165) is 22.0 Å². The molecule has 0 bridgehead atoms. The summed E-state index contributed by atoms with van der Waals surface area (Å²) in [6, 6.07) is 9.88. The highest BCUT2D eigenvalue weighted by atomic mass is 35.5. The van der Waals surface area contributed by atoms with Crippen LogP contribution in [0.1, 0.15) is 29.9 Å². The first-order valence-electron chi connectivity index (χ1n) is 6.54. The number of rotatable bonds is 4. The molecule has 2 N–H and O–H groups in total. The predicted octanol–water partition coefficient (Wildman–Crippen LogP) is 3.09. The Morgan fingerprint density at radius 2 is 1.90 bits per heavy atom. The van der Waals surface area contributed by atoms with Crippen molar-refractivity contribution in [3.05, 3.63) is 52.3 Å². The van der Waals surface area contributed by atoms with E-state index in [0.29, 0.717) is 12.5 Å². The molecule has 0 aliphatic heterocycles. The van der Waals surface area contributed by atoms with E-state index in [2.05, 4.69) is 16.9 Å². The zero-order valence-electron chi connectivity index (χ0n) is 12.0. The summed E-state index contributed by atoms with van der Waals surface area (Å²) in [5.41, 5.74) is 8.60. The van der Waals surface area contributed by atoms with E-state index in [9.17, 15) is 0 Å². The van der Waals surface area contributed by atoms with Gasteiger partial charge >= 0.3 is 0 Å². The number of halogens is 1. The second-order valence-electron chi connectivity index (χ2n) is 4.84. The van der Waals surface area contributed by atoms with Crippen LogP contribution in [-0.2, 0) is 6.54 Å². The van der Waals surface area contributed by atoms with Gasteiger partial charge in [0, 0.05) is 24.3 Å². The standard InChI is InChI=1S/C15H19ClN4/c1-10-8-14(9-17)19-15(18-10)20(3)11(2)12-4-6-13(16)7-5-12/h4-8,11H,9,17H2,1-3H3. The second kappa shape index (κ2) is 6.20. The summed E-state index contributed by atoms with van der Waals surface area (Å²) in [5.74, 6) is 0.688. The Morgan fingerprint density at radius 1 is 1.25 bits per heavy atom. The van der Waals surface area contributed by atoms with Gasteiger partial charge in [0.05, 0.1) is 11.7 Å². The summed E-state index contributed by atoms with van der Waals surface area (Å²) in [6.07, 6.45) is 0. The van der Waals surface area contributed by atoms with Crippen molar-refractivity contribution in [3.63, 3.8) is 0 Å². The van der Waals surface area contributed by atoms with Crippen LogP contribution < -0.4 is 10.6 Å². The smallest absolute Gasteiger partial charge is 0.226 e. The second-order valence-corrected chi connectivity index (χ2v) is 5.28. The Labute approximate surface area is 124 Å². The highest BCUT2D eigenvalue weighted by Gasteiger charge is 2.15. The number of hydrogen-bond donors (Lipinski definition) is 1. The van der Waals surface area contributed by atoms with Crippen molar-refractivity contribution in [2.24, 2.45) is 5.73 Å². The minimum absolute atomic E-state index is 0.152. The Bertz CT molecular complexity index is 583. The van der Waals surface area contributed by atoms with Crippen LogP contribution in [0.4, 0.5) is 5.95 Å². The fraction of sp³-hybridized carbons (Fsp3) is 0.333. The van der Waals surface area contributed by atoms with Gasteiger partial charge in [0.15, 0.2) is 0 Å². The van der Waals surface area contributed by atoms with Gasteiger partial charge in [0.1, 0.15) is 0 Å². The van der Waals surface area contributed by atoms with Gasteiger partial charge in [-0.3, -0.25) is 0 Å². The van der Waals surface area contributed by atoms with Gasteiger partial charge in [0.25, 0.3) is 0 Å². The SMILES string of the molecule is Cc1cc(CN)nc(N(C)C(C)c2ccc(Cl)cc2)n1. The number of aryl methyl sites for hydroxylation is 1. The van der Waals surface area contributed by atoms with Crippen LogP contribution in [0.2, 0.25) is 5.02 Å². The third kappa shape index (κ3) is 3.26. The zero-order valence-corrected chi connectivity index (χ0v) is 12.7. The summed E-state index contributed by atoms with van der Waals surface area (Å²) < 4.78 is 0. The largest absolute Gasteiger partial charge is 0.337 e. The Balaban J connectivity index is 2.28. The molecular weight excluding hydrogens is 272 g/mol. The molecule has 1 atom stereocenters. The summed E-state index contributed by atoms with van der Waals surface area (Å²) in [7, 11) is 1.98. The first-order chi connectivity index (χ1) is 9.51. The lowest BCUT2D eigenvalue weighted by molar-refractivity contribution is 0.708. The number of nitrogens with two attached hydrogens (primary N) is 1. The molecule has 2 rings (SSSR count). The highest BCUT2D eigenvalue weighted by Crippen LogP contribution is 2.24. The lowest BCUT2D eigenvalue weighted by atomic mass is 10.1. The van der Waals surface area contributed by atoms with Gasteiger partial charge in [-0.25, -0.2) is 9.97 Å². The molecule has 0 radical (unpaired) electrons. The lowest BCUT2D eigenvalue weighted by Crippen LogP contribution is -2.24. The first-order valence-corrected chi connectivity index (χ1v) is 6.92. The molecule has 1 aromatic carbocycles. The van der Waals surface area contributed by atoms with E-state index < -0.39 is 0 Å². The van der Waals surface area contributed by atoms with Crippen LogP contribution >= 0.6 is 11.6 Å². The zero-order chi connectivity index (χ0) is 14.7. The van der Waals surface area contributed by atoms with Gasteiger partial charge in [0.2, 0.25) is 5.95 Å². The molecular formula is C15H19ClN4. The molecule has 0 spiro atoms. The van der Waals surface area contributed by atoms with E-state index >= 15 is 0 Å². The molecule has 106 valence electrons. The van der Waals surface area contributed by atoms with Gasteiger partial charge in [-0.1, -0.05) is 23.7 Å². The quantitative estimate of drug-likeness (QED) is 0.940. The number of benzene rings is 1. The maximum absolute atomic E-state index is 5.92. The lowest BCUT2D eigenvalue weighted by Gasteiger charge is -2.26. The van der Waals surface area contributed by atoms with Gasteiger partial charge < -0.3 is 10.6 Å². The highest BCUT2D eigenvalue weighted by molar-refractivity contribution is 6.30. The fourth-order valence-electron chi connectivity index (χ4n) is 2.02. The Hall–Kier alpha value is -1.65. The first kappa shape index (κ1) is 14.8. The van der Waals surface area contributed by atoms with Gasteiger partial charge in [-0.15, -0.1) is 0 Å². The van der Waals surface area contributed by atoms with Crippen molar-refractivity contribution < 1.29 is 0 Å².